The maximum absolute atomic E-state index is 13.4. The SMILES string of the molecule is O=C(O)CCCP(=O)(c1ccccc1)c1ccccc1. The van der Waals surface area contributed by atoms with Crippen molar-refractivity contribution in [3.05, 3.63) is 60.7 Å². The number of carboxylic acids is 1. The van der Waals surface area contributed by atoms with Crippen molar-refractivity contribution in [2.24, 2.45) is 0 Å². The molecule has 4 heteroatoms. The lowest BCUT2D eigenvalue weighted by atomic mass is 10.3. The van der Waals surface area contributed by atoms with Gasteiger partial charge in [-0.15, -0.1) is 0 Å². The monoisotopic (exact) mass is 288 g/mol. The van der Waals surface area contributed by atoms with Crippen molar-refractivity contribution >= 4 is 23.7 Å². The van der Waals surface area contributed by atoms with Gasteiger partial charge in [0.1, 0.15) is 7.14 Å². The number of carboxylic acid groups (broad SMARTS) is 1. The lowest BCUT2D eigenvalue weighted by Gasteiger charge is -2.19. The summed E-state index contributed by atoms with van der Waals surface area (Å²) in [6.45, 7) is 0. The Morgan fingerprint density at radius 3 is 1.75 bits per heavy atom. The standard InChI is InChI=1S/C16H17O3P/c17-16(18)12-7-13-20(19,14-8-3-1-4-9-14)15-10-5-2-6-11-15/h1-6,8-11H,7,12-13H2,(H,17,18). The molecule has 2 aromatic rings. The van der Waals surface area contributed by atoms with Gasteiger partial charge in [-0.05, 0) is 6.42 Å². The van der Waals surface area contributed by atoms with E-state index < -0.39 is 13.1 Å². The van der Waals surface area contributed by atoms with Crippen molar-refractivity contribution in [3.8, 4) is 0 Å². The number of benzene rings is 2. The molecule has 104 valence electrons. The number of hydrogen-bond acceptors (Lipinski definition) is 2. The normalized spacial score (nSPS) is 11.2. The lowest BCUT2D eigenvalue weighted by Crippen LogP contribution is -2.18. The molecule has 0 atom stereocenters. The number of carbonyl (C=O) groups is 1. The minimum atomic E-state index is -2.74. The smallest absolute Gasteiger partial charge is 0.303 e. The summed E-state index contributed by atoms with van der Waals surface area (Å²) in [6.07, 6.45) is 0.841. The number of rotatable bonds is 6. The second-order valence-electron chi connectivity index (χ2n) is 4.63. The van der Waals surface area contributed by atoms with E-state index in [0.29, 0.717) is 12.6 Å². The van der Waals surface area contributed by atoms with E-state index in [0.717, 1.165) is 10.6 Å². The maximum Gasteiger partial charge on any atom is 0.303 e. The summed E-state index contributed by atoms with van der Waals surface area (Å²) in [5.74, 6) is -0.849. The van der Waals surface area contributed by atoms with Crippen molar-refractivity contribution in [3.63, 3.8) is 0 Å². The molecule has 0 saturated carbocycles. The third-order valence-corrected chi connectivity index (χ3v) is 6.42. The molecule has 0 unspecified atom stereocenters. The van der Waals surface area contributed by atoms with Crippen LogP contribution in [0.5, 0.6) is 0 Å². The molecule has 1 N–H and O–H groups in total. The van der Waals surface area contributed by atoms with E-state index in [-0.39, 0.29) is 6.42 Å². The molecule has 0 radical (unpaired) electrons. The molecule has 0 aliphatic heterocycles. The molecular weight excluding hydrogens is 271 g/mol. The topological polar surface area (TPSA) is 54.4 Å². The summed E-state index contributed by atoms with van der Waals surface area (Å²) in [7, 11) is -2.74. The fourth-order valence-electron chi connectivity index (χ4n) is 2.20. The third kappa shape index (κ3) is 3.37. The Morgan fingerprint density at radius 2 is 1.35 bits per heavy atom. The van der Waals surface area contributed by atoms with Gasteiger partial charge in [-0.2, -0.15) is 0 Å². The second-order valence-corrected chi connectivity index (χ2v) is 7.59. The molecule has 0 fully saturated rings. The fraction of sp³-hybridized carbons (Fsp3) is 0.188. The predicted molar refractivity (Wildman–Crippen MR) is 81.5 cm³/mol. The van der Waals surface area contributed by atoms with E-state index in [1.54, 1.807) is 0 Å². The van der Waals surface area contributed by atoms with E-state index in [9.17, 15) is 9.36 Å². The van der Waals surface area contributed by atoms with Gasteiger partial charge in [0.05, 0.1) is 0 Å². The largest absolute Gasteiger partial charge is 0.481 e. The highest BCUT2D eigenvalue weighted by atomic mass is 31.2. The van der Waals surface area contributed by atoms with E-state index in [2.05, 4.69) is 0 Å². The van der Waals surface area contributed by atoms with E-state index in [1.165, 1.54) is 0 Å². The van der Waals surface area contributed by atoms with Crippen LogP contribution in [0.4, 0.5) is 0 Å². The Morgan fingerprint density at radius 1 is 0.900 bits per heavy atom. The Labute approximate surface area is 118 Å². The van der Waals surface area contributed by atoms with Crippen molar-refractivity contribution in [2.75, 3.05) is 6.16 Å². The number of aliphatic carboxylic acids is 1. The molecule has 0 heterocycles. The van der Waals surface area contributed by atoms with E-state index >= 15 is 0 Å². The molecule has 0 bridgehead atoms. The van der Waals surface area contributed by atoms with Gasteiger partial charge in [0.2, 0.25) is 0 Å². The van der Waals surface area contributed by atoms with E-state index in [1.807, 2.05) is 60.7 Å². The molecule has 0 spiro atoms. The Kier molecular flexibility index (Phi) is 4.75. The zero-order valence-electron chi connectivity index (χ0n) is 11.1. The van der Waals surface area contributed by atoms with Crippen molar-refractivity contribution in [1.29, 1.82) is 0 Å². The fourth-order valence-corrected chi connectivity index (χ4v) is 4.92. The summed E-state index contributed by atoms with van der Waals surface area (Å²) in [5, 5.41) is 10.3. The van der Waals surface area contributed by atoms with Gasteiger partial charge in [0.25, 0.3) is 0 Å². The van der Waals surface area contributed by atoms with Gasteiger partial charge < -0.3 is 9.67 Å². The third-order valence-electron chi connectivity index (χ3n) is 3.21. The van der Waals surface area contributed by atoms with Crippen LogP contribution in [0.3, 0.4) is 0 Å². The van der Waals surface area contributed by atoms with Gasteiger partial charge >= 0.3 is 5.97 Å². The summed E-state index contributed by atoms with van der Waals surface area (Å²) in [4.78, 5) is 10.7. The first-order valence-electron chi connectivity index (χ1n) is 6.55. The van der Waals surface area contributed by atoms with Crippen molar-refractivity contribution in [2.45, 2.75) is 12.8 Å². The summed E-state index contributed by atoms with van der Waals surface area (Å²) < 4.78 is 13.4. The molecule has 3 nitrogen and oxygen atoms in total. The van der Waals surface area contributed by atoms with Gasteiger partial charge in [-0.25, -0.2) is 0 Å². The van der Waals surface area contributed by atoms with Crippen LogP contribution in [0, 0.1) is 0 Å². The zero-order chi connectivity index (χ0) is 14.4. The summed E-state index contributed by atoms with van der Waals surface area (Å²) >= 11 is 0. The Hall–Kier alpha value is -1.86. The van der Waals surface area contributed by atoms with Crippen LogP contribution in [0.25, 0.3) is 0 Å². The first kappa shape index (κ1) is 14.5. The van der Waals surface area contributed by atoms with Gasteiger partial charge in [0.15, 0.2) is 0 Å². The van der Waals surface area contributed by atoms with Crippen LogP contribution in [-0.2, 0) is 9.36 Å². The van der Waals surface area contributed by atoms with Crippen molar-refractivity contribution in [1.82, 2.24) is 0 Å². The number of hydrogen-bond donors (Lipinski definition) is 1. The molecule has 0 aliphatic rings. The molecule has 20 heavy (non-hydrogen) atoms. The Bertz CT molecular complexity index is 565. The van der Waals surface area contributed by atoms with Crippen LogP contribution in [0.15, 0.2) is 60.7 Å². The van der Waals surface area contributed by atoms with Crippen molar-refractivity contribution < 1.29 is 14.5 Å². The zero-order valence-corrected chi connectivity index (χ0v) is 12.0. The summed E-state index contributed by atoms with van der Waals surface area (Å²) in [6, 6.07) is 18.6. The minimum Gasteiger partial charge on any atom is -0.481 e. The predicted octanol–water partition coefficient (Wildman–Crippen LogP) is 2.87. The molecule has 0 aliphatic carbocycles. The van der Waals surface area contributed by atoms with Crippen LogP contribution in [0.1, 0.15) is 12.8 Å². The van der Waals surface area contributed by atoms with Crippen LogP contribution < -0.4 is 10.6 Å². The summed E-state index contributed by atoms with van der Waals surface area (Å²) in [5.41, 5.74) is 0. The molecule has 0 amide bonds. The highest BCUT2D eigenvalue weighted by Gasteiger charge is 2.26. The maximum atomic E-state index is 13.4. The van der Waals surface area contributed by atoms with Gasteiger partial charge in [0, 0.05) is 23.2 Å². The molecular formula is C16H17O3P. The van der Waals surface area contributed by atoms with Crippen LogP contribution in [0.2, 0.25) is 0 Å². The molecule has 0 saturated heterocycles. The first-order valence-corrected chi connectivity index (χ1v) is 8.44. The average molecular weight is 288 g/mol. The highest BCUT2D eigenvalue weighted by Crippen LogP contribution is 2.44. The van der Waals surface area contributed by atoms with Gasteiger partial charge in [-0.3, -0.25) is 4.79 Å². The molecule has 0 aromatic heterocycles. The quantitative estimate of drug-likeness (QED) is 0.832. The second kappa shape index (κ2) is 6.53. The first-order chi connectivity index (χ1) is 9.63. The average Bonchev–Trinajstić information content (AvgIpc) is 2.48. The molecule has 2 rings (SSSR count). The Balaban J connectivity index is 2.34. The van der Waals surface area contributed by atoms with Crippen LogP contribution >= 0.6 is 7.14 Å². The highest BCUT2D eigenvalue weighted by molar-refractivity contribution is 7.78. The van der Waals surface area contributed by atoms with Crippen LogP contribution in [-0.4, -0.2) is 17.2 Å². The van der Waals surface area contributed by atoms with E-state index in [4.69, 9.17) is 5.11 Å². The lowest BCUT2D eigenvalue weighted by molar-refractivity contribution is -0.137. The minimum absolute atomic E-state index is 0.0453. The van der Waals surface area contributed by atoms with Gasteiger partial charge in [-0.1, -0.05) is 60.7 Å². The molecule has 2 aromatic carbocycles.